The minimum atomic E-state index is -0.648. The molecule has 0 aromatic heterocycles. The Kier molecular flexibility index (Phi) is 5.27. The second-order valence-electron chi connectivity index (χ2n) is 3.64. The number of alkyl halides is 1. The molecular formula is C12H11ClN2O4. The van der Waals surface area contributed by atoms with Crippen LogP contribution in [-0.4, -0.2) is 17.5 Å². The maximum atomic E-state index is 11.4. The van der Waals surface area contributed by atoms with Crippen molar-refractivity contribution in [2.24, 2.45) is 0 Å². The Labute approximate surface area is 114 Å². The summed E-state index contributed by atoms with van der Waals surface area (Å²) in [5.41, 5.74) is 0.258. The summed E-state index contributed by atoms with van der Waals surface area (Å²) in [5.74, 6) is -0.567. The van der Waals surface area contributed by atoms with E-state index >= 15 is 0 Å². The number of halogens is 1. The van der Waals surface area contributed by atoms with Crippen molar-refractivity contribution in [3.63, 3.8) is 0 Å². The van der Waals surface area contributed by atoms with Crippen molar-refractivity contribution < 1.29 is 14.5 Å². The molecule has 100 valence electrons. The van der Waals surface area contributed by atoms with E-state index in [1.807, 2.05) is 0 Å². The summed E-state index contributed by atoms with van der Waals surface area (Å²) in [6, 6.07) is 4.50. The van der Waals surface area contributed by atoms with Crippen LogP contribution >= 0.6 is 11.6 Å². The maximum Gasteiger partial charge on any atom is 0.310 e. The monoisotopic (exact) mass is 282 g/mol. The van der Waals surface area contributed by atoms with Gasteiger partial charge >= 0.3 is 5.97 Å². The highest BCUT2D eigenvalue weighted by atomic mass is 35.5. The zero-order chi connectivity index (χ0) is 14.4. The van der Waals surface area contributed by atoms with Crippen LogP contribution in [0.25, 0.3) is 0 Å². The van der Waals surface area contributed by atoms with Gasteiger partial charge in [-0.15, -0.1) is 11.6 Å². The molecule has 0 aliphatic carbocycles. The summed E-state index contributed by atoms with van der Waals surface area (Å²) in [6.07, 6.45) is -0.0512. The Hall–Kier alpha value is -2.13. The fraction of sp³-hybridized carbons (Fsp3) is 0.333. The Morgan fingerprint density at radius 1 is 1.58 bits per heavy atom. The van der Waals surface area contributed by atoms with E-state index in [2.05, 4.69) is 0 Å². The minimum Gasteiger partial charge on any atom is -0.466 e. The van der Waals surface area contributed by atoms with Gasteiger partial charge in [0, 0.05) is 5.56 Å². The molecule has 0 saturated heterocycles. The summed E-state index contributed by atoms with van der Waals surface area (Å²) in [7, 11) is 0. The Morgan fingerprint density at radius 3 is 2.74 bits per heavy atom. The second-order valence-corrected chi connectivity index (χ2v) is 3.90. The van der Waals surface area contributed by atoms with E-state index in [1.54, 1.807) is 13.0 Å². The summed E-state index contributed by atoms with van der Waals surface area (Å²) >= 11 is 5.64. The van der Waals surface area contributed by atoms with Crippen LogP contribution in [0.1, 0.15) is 23.6 Å². The molecule has 1 rings (SSSR count). The first-order chi connectivity index (χ1) is 9.03. The molecule has 0 spiro atoms. The fourth-order valence-corrected chi connectivity index (χ4v) is 1.85. The number of hydrogen-bond acceptors (Lipinski definition) is 5. The maximum absolute atomic E-state index is 11.4. The molecule has 0 bridgehead atoms. The number of nitro benzene ring substituents is 1. The lowest BCUT2D eigenvalue weighted by Crippen LogP contribution is -2.09. The number of ether oxygens (including phenoxy) is 1. The van der Waals surface area contributed by atoms with Gasteiger partial charge in [0.05, 0.1) is 23.8 Å². The molecule has 7 heteroatoms. The van der Waals surface area contributed by atoms with Crippen molar-refractivity contribution >= 4 is 23.3 Å². The zero-order valence-corrected chi connectivity index (χ0v) is 10.9. The number of rotatable bonds is 5. The number of nitriles is 1. The molecule has 0 fully saturated rings. The molecule has 6 nitrogen and oxygen atoms in total. The van der Waals surface area contributed by atoms with E-state index in [0.717, 1.165) is 0 Å². The molecule has 0 N–H and O–H groups in total. The molecule has 0 radical (unpaired) electrons. The van der Waals surface area contributed by atoms with Crippen LogP contribution in [0.5, 0.6) is 0 Å². The Morgan fingerprint density at radius 2 is 2.26 bits per heavy atom. The van der Waals surface area contributed by atoms with Gasteiger partial charge in [0.15, 0.2) is 0 Å². The SMILES string of the molecule is CCOC(=O)Cc1cc(C#N)c([N+](=O)[O-])c(CCl)c1. The molecule has 0 saturated carbocycles. The molecule has 0 aliphatic rings. The van der Waals surface area contributed by atoms with Gasteiger partial charge in [-0.1, -0.05) is 0 Å². The van der Waals surface area contributed by atoms with E-state index in [0.29, 0.717) is 5.56 Å². The van der Waals surface area contributed by atoms with Gasteiger partial charge in [0.2, 0.25) is 0 Å². The highest BCUT2D eigenvalue weighted by Gasteiger charge is 2.21. The predicted molar refractivity (Wildman–Crippen MR) is 67.7 cm³/mol. The number of benzene rings is 1. The number of carbonyl (C=O) groups excluding carboxylic acids is 1. The van der Waals surface area contributed by atoms with E-state index in [9.17, 15) is 14.9 Å². The van der Waals surface area contributed by atoms with Crippen molar-refractivity contribution in [3.8, 4) is 6.07 Å². The minimum absolute atomic E-state index is 0.0512. The first kappa shape index (κ1) is 14.9. The number of nitro groups is 1. The van der Waals surface area contributed by atoms with Gasteiger partial charge in [-0.05, 0) is 24.6 Å². The summed E-state index contributed by atoms with van der Waals surface area (Å²) in [4.78, 5) is 21.6. The lowest BCUT2D eigenvalue weighted by Gasteiger charge is -2.06. The molecule has 0 amide bonds. The van der Waals surface area contributed by atoms with Crippen molar-refractivity contribution in [2.45, 2.75) is 19.2 Å². The molecule has 0 heterocycles. The van der Waals surface area contributed by atoms with Crippen LogP contribution < -0.4 is 0 Å². The molecule has 1 aromatic rings. The number of hydrogen-bond donors (Lipinski definition) is 0. The van der Waals surface area contributed by atoms with Gasteiger partial charge < -0.3 is 4.74 Å². The smallest absolute Gasteiger partial charge is 0.310 e. The van der Waals surface area contributed by atoms with Crippen molar-refractivity contribution in [3.05, 3.63) is 38.9 Å². The Bertz CT molecular complexity index is 551. The Balaban J connectivity index is 3.21. The summed E-state index contributed by atoms with van der Waals surface area (Å²) in [6.45, 7) is 1.93. The number of carbonyl (C=O) groups is 1. The quantitative estimate of drug-likeness (QED) is 0.357. The van der Waals surface area contributed by atoms with Crippen molar-refractivity contribution in [1.29, 1.82) is 5.26 Å². The molecule has 1 aromatic carbocycles. The molecular weight excluding hydrogens is 272 g/mol. The van der Waals surface area contributed by atoms with Gasteiger partial charge in [-0.2, -0.15) is 5.26 Å². The first-order valence-electron chi connectivity index (χ1n) is 5.45. The van der Waals surface area contributed by atoms with Crippen LogP contribution in [0.2, 0.25) is 0 Å². The lowest BCUT2D eigenvalue weighted by atomic mass is 10.0. The van der Waals surface area contributed by atoms with Gasteiger partial charge in [0.1, 0.15) is 11.6 Å². The van der Waals surface area contributed by atoms with Crippen LogP contribution in [0.15, 0.2) is 12.1 Å². The van der Waals surface area contributed by atoms with Crippen molar-refractivity contribution in [2.75, 3.05) is 6.61 Å². The van der Waals surface area contributed by atoms with Crippen molar-refractivity contribution in [1.82, 2.24) is 0 Å². The third-order valence-corrected chi connectivity index (χ3v) is 2.64. The lowest BCUT2D eigenvalue weighted by molar-refractivity contribution is -0.385. The van der Waals surface area contributed by atoms with E-state index in [4.69, 9.17) is 21.6 Å². The van der Waals surface area contributed by atoms with E-state index in [-0.39, 0.29) is 35.7 Å². The van der Waals surface area contributed by atoms with Crippen LogP contribution in [0.3, 0.4) is 0 Å². The molecule has 0 atom stereocenters. The standard InChI is InChI=1S/C12H11ClN2O4/c1-2-19-11(16)5-8-3-9(6-13)12(15(17)18)10(4-8)7-14/h3-4H,2,5-6H2,1H3. The van der Waals surface area contributed by atoms with Crippen LogP contribution in [-0.2, 0) is 21.8 Å². The number of nitrogens with zero attached hydrogens (tertiary/aromatic N) is 2. The third kappa shape index (κ3) is 3.66. The first-order valence-corrected chi connectivity index (χ1v) is 5.98. The topological polar surface area (TPSA) is 93.2 Å². The summed E-state index contributed by atoms with van der Waals surface area (Å²) in [5, 5.41) is 19.8. The summed E-state index contributed by atoms with van der Waals surface area (Å²) < 4.78 is 4.78. The molecule has 0 aliphatic heterocycles. The normalized spacial score (nSPS) is 9.74. The second kappa shape index (κ2) is 6.71. The van der Waals surface area contributed by atoms with Gasteiger partial charge in [0.25, 0.3) is 5.69 Å². The van der Waals surface area contributed by atoms with Crippen LogP contribution in [0, 0.1) is 21.4 Å². The van der Waals surface area contributed by atoms with Crippen LogP contribution in [0.4, 0.5) is 5.69 Å². The van der Waals surface area contributed by atoms with E-state index in [1.165, 1.54) is 12.1 Å². The molecule has 19 heavy (non-hydrogen) atoms. The van der Waals surface area contributed by atoms with Gasteiger partial charge in [-0.3, -0.25) is 14.9 Å². The predicted octanol–water partition coefficient (Wildman–Crippen LogP) is 2.31. The average Bonchev–Trinajstić information content (AvgIpc) is 2.37. The third-order valence-electron chi connectivity index (χ3n) is 2.35. The highest BCUT2D eigenvalue weighted by Crippen LogP contribution is 2.27. The largest absolute Gasteiger partial charge is 0.466 e. The average molecular weight is 283 g/mol. The highest BCUT2D eigenvalue weighted by molar-refractivity contribution is 6.17. The van der Waals surface area contributed by atoms with Gasteiger partial charge in [-0.25, -0.2) is 0 Å². The molecule has 0 unspecified atom stereocenters. The zero-order valence-electron chi connectivity index (χ0n) is 10.2. The fourth-order valence-electron chi connectivity index (χ4n) is 1.64. The number of esters is 1. The van der Waals surface area contributed by atoms with E-state index < -0.39 is 10.9 Å².